The van der Waals surface area contributed by atoms with Crippen LogP contribution in [0.5, 0.6) is 0 Å². The zero-order valence-electron chi connectivity index (χ0n) is 17.7. The van der Waals surface area contributed by atoms with Crippen molar-refractivity contribution in [2.45, 2.75) is 37.8 Å². The molecule has 2 bridgehead atoms. The van der Waals surface area contributed by atoms with Crippen LogP contribution in [0.25, 0.3) is 16.9 Å². The second kappa shape index (κ2) is 7.16. The summed E-state index contributed by atoms with van der Waals surface area (Å²) >= 11 is 0. The van der Waals surface area contributed by atoms with Gasteiger partial charge in [0.05, 0.1) is 17.4 Å². The zero-order chi connectivity index (χ0) is 22.9. The van der Waals surface area contributed by atoms with Gasteiger partial charge in [-0.1, -0.05) is 0 Å². The minimum absolute atomic E-state index is 0.0732. The smallest absolute Gasteiger partial charge is 0.254 e. The van der Waals surface area contributed by atoms with Gasteiger partial charge in [-0.2, -0.15) is 5.10 Å². The number of hydrogen-bond acceptors (Lipinski definition) is 4. The highest BCUT2D eigenvalue weighted by molar-refractivity contribution is 5.96. The maximum absolute atomic E-state index is 14.0. The Bertz CT molecular complexity index is 1400. The highest BCUT2D eigenvalue weighted by Gasteiger charge is 2.43. The average Bonchev–Trinajstić information content (AvgIpc) is 3.39. The molecule has 2 atom stereocenters. The minimum atomic E-state index is -1.49. The molecule has 7 nitrogen and oxygen atoms in total. The quantitative estimate of drug-likeness (QED) is 0.434. The molecule has 2 aliphatic rings. The molecule has 168 valence electrons. The third kappa shape index (κ3) is 2.96. The fourth-order valence-corrected chi connectivity index (χ4v) is 5.30. The van der Waals surface area contributed by atoms with Gasteiger partial charge in [0.15, 0.2) is 23.1 Å². The van der Waals surface area contributed by atoms with Crippen LogP contribution < -0.4 is 0 Å². The van der Waals surface area contributed by atoms with E-state index in [0.29, 0.717) is 23.3 Å². The van der Waals surface area contributed by atoms with Crippen molar-refractivity contribution in [1.82, 2.24) is 29.3 Å². The number of carbonyl (C=O) groups is 1. The molecular weight excluding hydrogens is 433 g/mol. The number of halogens is 3. The lowest BCUT2D eigenvalue weighted by molar-refractivity contribution is 0.0392. The van der Waals surface area contributed by atoms with Crippen LogP contribution >= 0.6 is 0 Å². The first-order valence-electron chi connectivity index (χ1n) is 10.7. The fraction of sp³-hybridized carbons (Fsp3) is 0.304. The Morgan fingerprint density at radius 1 is 1.12 bits per heavy atom. The second-order valence-electron chi connectivity index (χ2n) is 8.62. The van der Waals surface area contributed by atoms with Crippen molar-refractivity contribution in [2.24, 2.45) is 7.05 Å². The van der Waals surface area contributed by atoms with Crippen molar-refractivity contribution >= 4 is 11.6 Å². The number of benzene rings is 1. The lowest BCUT2D eigenvalue weighted by atomic mass is 9.81. The van der Waals surface area contributed by atoms with Crippen molar-refractivity contribution < 1.29 is 18.0 Å². The van der Waals surface area contributed by atoms with E-state index in [4.69, 9.17) is 0 Å². The fourth-order valence-electron chi connectivity index (χ4n) is 5.30. The summed E-state index contributed by atoms with van der Waals surface area (Å²) in [5, 5.41) is 12.5. The first kappa shape index (κ1) is 20.0. The first-order chi connectivity index (χ1) is 15.9. The van der Waals surface area contributed by atoms with Crippen molar-refractivity contribution in [3.63, 3.8) is 0 Å². The molecule has 10 heteroatoms. The topological polar surface area (TPSA) is 68.3 Å². The molecule has 4 aromatic rings. The van der Waals surface area contributed by atoms with Gasteiger partial charge in [-0.15, -0.1) is 10.2 Å². The summed E-state index contributed by atoms with van der Waals surface area (Å²) in [5.41, 5.74) is 3.48. The summed E-state index contributed by atoms with van der Waals surface area (Å²) in [5.74, 6) is -4.08. The van der Waals surface area contributed by atoms with Crippen molar-refractivity contribution in [2.75, 3.05) is 0 Å². The molecule has 33 heavy (non-hydrogen) atoms. The largest absolute Gasteiger partial charge is 0.327 e. The third-order valence-corrected chi connectivity index (χ3v) is 6.71. The zero-order valence-corrected chi connectivity index (χ0v) is 17.7. The SMILES string of the molecule is Cn1nc2c(c1-c1cc(F)c(F)c(F)c1)C[C@H]1CCC[C@@H]2N1C(=O)c1ccn2cnnc2c1. The van der Waals surface area contributed by atoms with Crippen LogP contribution in [0.4, 0.5) is 13.2 Å². The normalized spacial score (nSPS) is 19.7. The van der Waals surface area contributed by atoms with Crippen LogP contribution in [0.2, 0.25) is 0 Å². The van der Waals surface area contributed by atoms with E-state index in [2.05, 4.69) is 15.3 Å². The molecule has 0 N–H and O–H groups in total. The molecular formula is C23H19F3N6O. The summed E-state index contributed by atoms with van der Waals surface area (Å²) in [6.07, 6.45) is 6.34. The maximum atomic E-state index is 14.0. The molecule has 0 radical (unpaired) electrons. The summed E-state index contributed by atoms with van der Waals surface area (Å²) in [6.45, 7) is 0. The number of piperidine rings is 1. The molecule has 1 fully saturated rings. The van der Waals surface area contributed by atoms with Gasteiger partial charge in [0.1, 0.15) is 6.33 Å². The number of aryl methyl sites for hydroxylation is 1. The monoisotopic (exact) mass is 452 g/mol. The Hall–Kier alpha value is -3.69. The Morgan fingerprint density at radius 2 is 1.91 bits per heavy atom. The van der Waals surface area contributed by atoms with E-state index in [0.717, 1.165) is 42.7 Å². The van der Waals surface area contributed by atoms with E-state index in [9.17, 15) is 18.0 Å². The molecule has 3 aromatic heterocycles. The van der Waals surface area contributed by atoms with Gasteiger partial charge in [0.25, 0.3) is 5.91 Å². The summed E-state index contributed by atoms with van der Waals surface area (Å²) in [4.78, 5) is 15.5. The van der Waals surface area contributed by atoms with Gasteiger partial charge in [0.2, 0.25) is 0 Å². The van der Waals surface area contributed by atoms with Crippen LogP contribution in [0.1, 0.15) is 46.9 Å². The Labute approximate surface area is 186 Å². The summed E-state index contributed by atoms with van der Waals surface area (Å²) in [7, 11) is 1.70. The van der Waals surface area contributed by atoms with Gasteiger partial charge in [0, 0.05) is 36.0 Å². The standard InChI is InChI=1S/C23H19F3N6O/c1-30-22(13-7-16(24)20(26)17(25)8-13)15-10-14-3-2-4-18(21(15)29-30)32(14)23(33)12-5-6-31-11-27-28-19(31)9-12/h5-9,11,14,18H,2-4,10H2,1H3/t14-,18+/m1/s1. The molecule has 5 heterocycles. The van der Waals surface area contributed by atoms with Crippen LogP contribution in [-0.4, -0.2) is 41.2 Å². The molecule has 6 rings (SSSR count). The van der Waals surface area contributed by atoms with Gasteiger partial charge in [-0.05, 0) is 49.9 Å². The molecule has 0 saturated carbocycles. The van der Waals surface area contributed by atoms with E-state index >= 15 is 0 Å². The van der Waals surface area contributed by atoms with Crippen LogP contribution in [0, 0.1) is 17.5 Å². The lowest BCUT2D eigenvalue weighted by Gasteiger charge is -2.45. The van der Waals surface area contributed by atoms with E-state index in [1.54, 1.807) is 40.8 Å². The van der Waals surface area contributed by atoms with E-state index in [-0.39, 0.29) is 23.6 Å². The van der Waals surface area contributed by atoms with E-state index < -0.39 is 17.5 Å². The lowest BCUT2D eigenvalue weighted by Crippen LogP contribution is -2.49. The Balaban J connectivity index is 1.43. The van der Waals surface area contributed by atoms with Gasteiger partial charge < -0.3 is 4.90 Å². The molecule has 1 amide bonds. The molecule has 1 saturated heterocycles. The number of nitrogens with zero attached hydrogens (tertiary/aromatic N) is 6. The van der Waals surface area contributed by atoms with Crippen LogP contribution in [-0.2, 0) is 13.5 Å². The predicted octanol–water partition coefficient (Wildman–Crippen LogP) is 3.84. The number of hydrogen-bond donors (Lipinski definition) is 0. The van der Waals surface area contributed by atoms with Gasteiger partial charge in [-0.25, -0.2) is 13.2 Å². The number of amides is 1. The highest BCUT2D eigenvalue weighted by Crippen LogP contribution is 2.45. The molecule has 0 spiro atoms. The summed E-state index contributed by atoms with van der Waals surface area (Å²) < 4.78 is 44.8. The van der Waals surface area contributed by atoms with Gasteiger partial charge >= 0.3 is 0 Å². The molecule has 2 aliphatic heterocycles. The minimum Gasteiger partial charge on any atom is -0.327 e. The number of aromatic nitrogens is 5. The molecule has 0 aliphatic carbocycles. The number of carbonyl (C=O) groups excluding carboxylic acids is 1. The first-order valence-corrected chi connectivity index (χ1v) is 10.7. The van der Waals surface area contributed by atoms with Gasteiger partial charge in [-0.3, -0.25) is 13.9 Å². The molecule has 1 aromatic carbocycles. The van der Waals surface area contributed by atoms with Crippen LogP contribution in [0.3, 0.4) is 0 Å². The number of fused-ring (bicyclic) bond motifs is 5. The van der Waals surface area contributed by atoms with Crippen molar-refractivity contribution in [3.05, 3.63) is 71.1 Å². The highest BCUT2D eigenvalue weighted by atomic mass is 19.2. The van der Waals surface area contributed by atoms with Crippen molar-refractivity contribution in [1.29, 1.82) is 0 Å². The predicted molar refractivity (Wildman–Crippen MR) is 112 cm³/mol. The maximum Gasteiger partial charge on any atom is 0.254 e. The average molecular weight is 452 g/mol. The Morgan fingerprint density at radius 3 is 2.70 bits per heavy atom. The number of pyridine rings is 1. The number of rotatable bonds is 2. The van der Waals surface area contributed by atoms with E-state index in [1.807, 2.05) is 4.90 Å². The second-order valence-corrected chi connectivity index (χ2v) is 8.62. The van der Waals surface area contributed by atoms with Crippen molar-refractivity contribution in [3.8, 4) is 11.3 Å². The van der Waals surface area contributed by atoms with Crippen LogP contribution in [0.15, 0.2) is 36.8 Å². The van der Waals surface area contributed by atoms with E-state index in [1.165, 1.54) is 0 Å². The third-order valence-electron chi connectivity index (χ3n) is 6.71. The summed E-state index contributed by atoms with van der Waals surface area (Å²) in [6, 6.07) is 5.14. The molecule has 0 unspecified atom stereocenters. The Kier molecular flexibility index (Phi) is 4.33.